The Balaban J connectivity index is 2.10. The normalized spacial score (nSPS) is 35.1. The number of ether oxygens (including phenoxy) is 2. The molecule has 1 aromatic rings. The second kappa shape index (κ2) is 6.04. The monoisotopic (exact) mass is 290 g/mol. The van der Waals surface area contributed by atoms with Crippen LogP contribution in [0.4, 0.5) is 0 Å². The molecule has 1 aromatic carbocycles. The summed E-state index contributed by atoms with van der Waals surface area (Å²) < 4.78 is 10.6. The standard InChI is InChI=1S/C12H15ClO6/c13-6-2-1-3-7(4-6)18-12-11(17)10(16)9(15)8(5-14)19-12/h1-4,8-12,14-17H,5H2/t8-,9+,10-,11-,12-/m1/s1. The lowest BCUT2D eigenvalue weighted by Gasteiger charge is -2.39. The van der Waals surface area contributed by atoms with Crippen LogP contribution in [0.2, 0.25) is 5.02 Å². The molecule has 4 N–H and O–H groups in total. The molecule has 0 saturated carbocycles. The Morgan fingerprint density at radius 1 is 1.16 bits per heavy atom. The van der Waals surface area contributed by atoms with Gasteiger partial charge in [0.1, 0.15) is 30.2 Å². The first-order valence-electron chi connectivity index (χ1n) is 5.75. The fourth-order valence-corrected chi connectivity index (χ4v) is 2.02. The average Bonchev–Trinajstić information content (AvgIpc) is 2.39. The first-order chi connectivity index (χ1) is 9.02. The fourth-order valence-electron chi connectivity index (χ4n) is 1.84. The van der Waals surface area contributed by atoms with Crippen LogP contribution >= 0.6 is 11.6 Å². The average molecular weight is 291 g/mol. The minimum absolute atomic E-state index is 0.344. The van der Waals surface area contributed by atoms with Crippen LogP contribution in [-0.4, -0.2) is 57.7 Å². The lowest BCUT2D eigenvalue weighted by atomic mass is 9.99. The van der Waals surface area contributed by atoms with Gasteiger partial charge in [-0.2, -0.15) is 0 Å². The zero-order valence-electron chi connectivity index (χ0n) is 9.89. The summed E-state index contributed by atoms with van der Waals surface area (Å²) in [5.74, 6) is 0.344. The van der Waals surface area contributed by atoms with Crippen LogP contribution in [0, 0.1) is 0 Å². The van der Waals surface area contributed by atoms with Gasteiger partial charge in [0.05, 0.1) is 6.61 Å². The van der Waals surface area contributed by atoms with Gasteiger partial charge in [0, 0.05) is 5.02 Å². The molecule has 5 atom stereocenters. The van der Waals surface area contributed by atoms with E-state index in [-0.39, 0.29) is 0 Å². The predicted molar refractivity (Wildman–Crippen MR) is 65.8 cm³/mol. The van der Waals surface area contributed by atoms with Crippen molar-refractivity contribution in [1.29, 1.82) is 0 Å². The van der Waals surface area contributed by atoms with Gasteiger partial charge < -0.3 is 29.9 Å². The number of rotatable bonds is 3. The van der Waals surface area contributed by atoms with E-state index in [1.54, 1.807) is 18.2 Å². The SMILES string of the molecule is OC[C@H]1O[C@@H](Oc2cccc(Cl)c2)[C@H](O)[C@H](O)[C@H]1O. The molecule has 1 aliphatic heterocycles. The molecule has 7 heteroatoms. The zero-order valence-corrected chi connectivity index (χ0v) is 10.6. The Kier molecular flexibility index (Phi) is 4.62. The fraction of sp³-hybridized carbons (Fsp3) is 0.500. The predicted octanol–water partition coefficient (Wildman–Crippen LogP) is -0.481. The summed E-state index contributed by atoms with van der Waals surface area (Å²) in [5, 5.41) is 38.5. The molecule has 0 radical (unpaired) electrons. The molecule has 0 aliphatic carbocycles. The van der Waals surface area contributed by atoms with Gasteiger partial charge >= 0.3 is 0 Å². The molecule has 19 heavy (non-hydrogen) atoms. The van der Waals surface area contributed by atoms with Gasteiger partial charge in [-0.05, 0) is 18.2 Å². The highest BCUT2D eigenvalue weighted by molar-refractivity contribution is 6.30. The van der Waals surface area contributed by atoms with Crippen LogP contribution in [0.15, 0.2) is 24.3 Å². The van der Waals surface area contributed by atoms with Crippen LogP contribution in [0.25, 0.3) is 0 Å². The van der Waals surface area contributed by atoms with Gasteiger partial charge in [-0.25, -0.2) is 0 Å². The van der Waals surface area contributed by atoms with Crippen molar-refractivity contribution in [3.63, 3.8) is 0 Å². The lowest BCUT2D eigenvalue weighted by Crippen LogP contribution is -2.60. The third-order valence-electron chi connectivity index (χ3n) is 2.90. The van der Waals surface area contributed by atoms with Crippen molar-refractivity contribution in [2.75, 3.05) is 6.61 Å². The highest BCUT2D eigenvalue weighted by atomic mass is 35.5. The molecule has 0 unspecified atom stereocenters. The molecule has 1 saturated heterocycles. The highest BCUT2D eigenvalue weighted by Gasteiger charge is 2.44. The number of hydrogen-bond donors (Lipinski definition) is 4. The summed E-state index contributed by atoms with van der Waals surface area (Å²) in [6, 6.07) is 6.43. The van der Waals surface area contributed by atoms with E-state index in [1.165, 1.54) is 6.07 Å². The molecule has 0 amide bonds. The van der Waals surface area contributed by atoms with E-state index in [9.17, 15) is 15.3 Å². The second-order valence-electron chi connectivity index (χ2n) is 4.27. The summed E-state index contributed by atoms with van der Waals surface area (Å²) in [6.45, 7) is -0.500. The summed E-state index contributed by atoms with van der Waals surface area (Å²) in [7, 11) is 0. The Morgan fingerprint density at radius 2 is 1.89 bits per heavy atom. The molecule has 0 aromatic heterocycles. The minimum Gasteiger partial charge on any atom is -0.462 e. The zero-order chi connectivity index (χ0) is 14.0. The van der Waals surface area contributed by atoms with E-state index >= 15 is 0 Å². The van der Waals surface area contributed by atoms with Crippen molar-refractivity contribution >= 4 is 11.6 Å². The van der Waals surface area contributed by atoms with Crippen molar-refractivity contribution in [2.45, 2.75) is 30.7 Å². The van der Waals surface area contributed by atoms with E-state index in [0.717, 1.165) is 0 Å². The molecular formula is C12H15ClO6. The third kappa shape index (κ3) is 3.17. The first kappa shape index (κ1) is 14.5. The van der Waals surface area contributed by atoms with Crippen LogP contribution in [0.1, 0.15) is 0 Å². The Bertz CT molecular complexity index is 426. The molecule has 106 valence electrons. The van der Waals surface area contributed by atoms with Crippen molar-refractivity contribution in [3.8, 4) is 5.75 Å². The van der Waals surface area contributed by atoms with Crippen molar-refractivity contribution in [2.24, 2.45) is 0 Å². The van der Waals surface area contributed by atoms with Gasteiger partial charge in [0.2, 0.25) is 6.29 Å². The summed E-state index contributed by atoms with van der Waals surface area (Å²) in [4.78, 5) is 0. The molecule has 1 aliphatic rings. The van der Waals surface area contributed by atoms with Gasteiger partial charge in [-0.1, -0.05) is 17.7 Å². The van der Waals surface area contributed by atoms with Crippen LogP contribution in [0.5, 0.6) is 5.75 Å². The summed E-state index contributed by atoms with van der Waals surface area (Å²) >= 11 is 5.79. The molecule has 1 fully saturated rings. The van der Waals surface area contributed by atoms with Crippen molar-refractivity contribution in [1.82, 2.24) is 0 Å². The number of hydrogen-bond acceptors (Lipinski definition) is 6. The van der Waals surface area contributed by atoms with E-state index in [0.29, 0.717) is 10.8 Å². The molecule has 0 spiro atoms. The largest absolute Gasteiger partial charge is 0.462 e. The Hall–Kier alpha value is -0.890. The molecule has 6 nitrogen and oxygen atoms in total. The van der Waals surface area contributed by atoms with E-state index in [4.69, 9.17) is 26.2 Å². The number of aliphatic hydroxyl groups is 4. The van der Waals surface area contributed by atoms with Gasteiger partial charge in [-0.15, -0.1) is 0 Å². The lowest BCUT2D eigenvalue weighted by molar-refractivity contribution is -0.277. The van der Waals surface area contributed by atoms with E-state index in [1.807, 2.05) is 0 Å². The van der Waals surface area contributed by atoms with E-state index < -0.39 is 37.3 Å². The third-order valence-corrected chi connectivity index (χ3v) is 3.13. The van der Waals surface area contributed by atoms with Crippen LogP contribution in [-0.2, 0) is 4.74 Å². The molecule has 2 rings (SSSR count). The molecule has 1 heterocycles. The topological polar surface area (TPSA) is 99.4 Å². The number of aliphatic hydroxyl groups excluding tert-OH is 4. The number of benzene rings is 1. The van der Waals surface area contributed by atoms with Crippen LogP contribution in [0.3, 0.4) is 0 Å². The Labute approximate surface area is 114 Å². The van der Waals surface area contributed by atoms with Crippen molar-refractivity contribution in [3.05, 3.63) is 29.3 Å². The van der Waals surface area contributed by atoms with Crippen molar-refractivity contribution < 1.29 is 29.9 Å². The summed E-state index contributed by atoms with van der Waals surface area (Å²) in [5.41, 5.74) is 0. The first-order valence-corrected chi connectivity index (χ1v) is 6.13. The quantitative estimate of drug-likeness (QED) is 0.600. The smallest absolute Gasteiger partial charge is 0.229 e. The van der Waals surface area contributed by atoms with Crippen LogP contribution < -0.4 is 4.74 Å². The maximum atomic E-state index is 9.78. The van der Waals surface area contributed by atoms with Gasteiger partial charge in [0.25, 0.3) is 0 Å². The summed E-state index contributed by atoms with van der Waals surface area (Å²) in [6.07, 6.45) is -6.50. The number of halogens is 1. The minimum atomic E-state index is -1.46. The Morgan fingerprint density at radius 3 is 2.53 bits per heavy atom. The molecular weight excluding hydrogens is 276 g/mol. The van der Waals surface area contributed by atoms with E-state index in [2.05, 4.69) is 0 Å². The maximum absolute atomic E-state index is 9.78. The second-order valence-corrected chi connectivity index (χ2v) is 4.71. The van der Waals surface area contributed by atoms with Gasteiger partial charge in [0.15, 0.2) is 0 Å². The van der Waals surface area contributed by atoms with Gasteiger partial charge in [-0.3, -0.25) is 0 Å². The maximum Gasteiger partial charge on any atom is 0.229 e. The highest BCUT2D eigenvalue weighted by Crippen LogP contribution is 2.25. The molecule has 0 bridgehead atoms.